The van der Waals surface area contributed by atoms with Crippen LogP contribution in [0.5, 0.6) is 0 Å². The fourth-order valence-corrected chi connectivity index (χ4v) is 4.15. The zero-order valence-corrected chi connectivity index (χ0v) is 14.9. The molecule has 1 aromatic carbocycles. The molecule has 2 aromatic rings. The van der Waals surface area contributed by atoms with E-state index in [2.05, 4.69) is 0 Å². The molecule has 1 aliphatic heterocycles. The number of hydrogen-bond donors (Lipinski definition) is 0. The maximum Gasteiger partial charge on any atom is 0.289 e. The summed E-state index contributed by atoms with van der Waals surface area (Å²) in [5.41, 5.74) is 0. The van der Waals surface area contributed by atoms with Crippen LogP contribution in [-0.4, -0.2) is 28.1 Å². The van der Waals surface area contributed by atoms with E-state index in [9.17, 15) is 9.00 Å². The minimum atomic E-state index is -1.26. The van der Waals surface area contributed by atoms with Crippen LogP contribution < -0.4 is 0 Å². The SMILES string of the molecule is O=C(c1ccc(C[S@@](=O)c2cccc(Cl)c2)o1)N1CCCCCC1. The molecular formula is C18H20ClNO3S. The summed E-state index contributed by atoms with van der Waals surface area (Å²) < 4.78 is 18.0. The third-order valence-corrected chi connectivity index (χ3v) is 5.66. The van der Waals surface area contributed by atoms with E-state index < -0.39 is 10.8 Å². The van der Waals surface area contributed by atoms with Gasteiger partial charge in [-0.05, 0) is 43.2 Å². The Bertz CT molecular complexity index is 735. The molecule has 4 nitrogen and oxygen atoms in total. The Labute approximate surface area is 149 Å². The number of carbonyl (C=O) groups is 1. The highest BCUT2D eigenvalue weighted by molar-refractivity contribution is 7.84. The molecule has 0 spiro atoms. The summed E-state index contributed by atoms with van der Waals surface area (Å²) in [6.07, 6.45) is 4.42. The first-order chi connectivity index (χ1) is 11.6. The Balaban J connectivity index is 1.66. The molecule has 1 aliphatic rings. The third-order valence-electron chi connectivity index (χ3n) is 4.10. The molecular weight excluding hydrogens is 346 g/mol. The summed E-state index contributed by atoms with van der Waals surface area (Å²) in [5.74, 6) is 1.03. The van der Waals surface area contributed by atoms with Crippen molar-refractivity contribution in [3.8, 4) is 0 Å². The van der Waals surface area contributed by atoms with Crippen LogP contribution in [-0.2, 0) is 16.6 Å². The molecule has 0 radical (unpaired) electrons. The van der Waals surface area contributed by atoms with E-state index in [1.807, 2.05) is 4.90 Å². The van der Waals surface area contributed by atoms with Crippen molar-refractivity contribution in [1.82, 2.24) is 4.90 Å². The van der Waals surface area contributed by atoms with Crippen LogP contribution in [0.4, 0.5) is 0 Å². The van der Waals surface area contributed by atoms with Crippen molar-refractivity contribution in [2.75, 3.05) is 13.1 Å². The number of benzene rings is 1. The van der Waals surface area contributed by atoms with Gasteiger partial charge in [-0.25, -0.2) is 0 Å². The first kappa shape index (κ1) is 17.2. The Hall–Kier alpha value is -1.59. The third kappa shape index (κ3) is 4.28. The maximum absolute atomic E-state index is 12.5. The van der Waals surface area contributed by atoms with Gasteiger partial charge in [-0.1, -0.05) is 30.5 Å². The molecule has 0 aliphatic carbocycles. The van der Waals surface area contributed by atoms with Crippen molar-refractivity contribution < 1.29 is 13.4 Å². The number of halogens is 1. The number of nitrogens with zero attached hydrogens (tertiary/aromatic N) is 1. The van der Waals surface area contributed by atoms with Crippen LogP contribution in [0.1, 0.15) is 42.0 Å². The van der Waals surface area contributed by atoms with Crippen molar-refractivity contribution in [2.45, 2.75) is 36.3 Å². The quantitative estimate of drug-likeness (QED) is 0.813. The number of amides is 1. The molecule has 0 N–H and O–H groups in total. The van der Waals surface area contributed by atoms with Crippen molar-refractivity contribution in [3.63, 3.8) is 0 Å². The minimum absolute atomic E-state index is 0.0725. The molecule has 2 heterocycles. The lowest BCUT2D eigenvalue weighted by atomic mass is 10.2. The van der Waals surface area contributed by atoms with Gasteiger partial charge in [0.15, 0.2) is 5.76 Å². The van der Waals surface area contributed by atoms with E-state index in [0.717, 1.165) is 25.9 Å². The fraction of sp³-hybridized carbons (Fsp3) is 0.389. The van der Waals surface area contributed by atoms with Crippen LogP contribution in [0.2, 0.25) is 5.02 Å². The second-order valence-corrected chi connectivity index (χ2v) is 7.81. The fourth-order valence-electron chi connectivity index (χ4n) is 2.82. The standard InChI is InChI=1S/C18H20ClNO3S/c19-14-6-5-7-16(12-14)24(22)13-15-8-9-17(23-15)18(21)20-10-3-1-2-4-11-20/h5-9,12H,1-4,10-11,13H2/t24-/m1/s1. The molecule has 6 heteroatoms. The molecule has 3 rings (SSSR count). The van der Waals surface area contributed by atoms with E-state index in [-0.39, 0.29) is 11.7 Å². The summed E-state index contributed by atoms with van der Waals surface area (Å²) in [6.45, 7) is 1.56. The van der Waals surface area contributed by atoms with Gasteiger partial charge in [-0.3, -0.25) is 9.00 Å². The van der Waals surface area contributed by atoms with E-state index in [4.69, 9.17) is 16.0 Å². The lowest BCUT2D eigenvalue weighted by Gasteiger charge is -2.18. The number of rotatable bonds is 4. The number of carbonyl (C=O) groups excluding carboxylic acids is 1. The summed E-state index contributed by atoms with van der Waals surface area (Å²) in [6, 6.07) is 10.4. The Kier molecular flexibility index (Phi) is 5.74. The Morgan fingerprint density at radius 1 is 1.12 bits per heavy atom. The molecule has 1 fully saturated rings. The molecule has 128 valence electrons. The lowest BCUT2D eigenvalue weighted by Crippen LogP contribution is -2.31. The molecule has 24 heavy (non-hydrogen) atoms. The molecule has 0 saturated carbocycles. The average Bonchev–Trinajstić information content (AvgIpc) is 2.87. The molecule has 1 atom stereocenters. The zero-order valence-electron chi connectivity index (χ0n) is 13.4. The molecule has 1 amide bonds. The first-order valence-electron chi connectivity index (χ1n) is 8.15. The second kappa shape index (κ2) is 7.99. The van der Waals surface area contributed by atoms with E-state index >= 15 is 0 Å². The predicted octanol–water partition coefficient (Wildman–Crippen LogP) is 4.26. The zero-order chi connectivity index (χ0) is 16.9. The average molecular weight is 366 g/mol. The van der Waals surface area contributed by atoms with E-state index in [1.54, 1.807) is 36.4 Å². The highest BCUT2D eigenvalue weighted by atomic mass is 35.5. The number of likely N-dealkylation sites (tertiary alicyclic amines) is 1. The predicted molar refractivity (Wildman–Crippen MR) is 94.6 cm³/mol. The largest absolute Gasteiger partial charge is 0.455 e. The highest BCUT2D eigenvalue weighted by Gasteiger charge is 2.21. The molecule has 0 unspecified atom stereocenters. The van der Waals surface area contributed by atoms with Gasteiger partial charge in [-0.2, -0.15) is 0 Å². The van der Waals surface area contributed by atoms with Gasteiger partial charge in [0.25, 0.3) is 5.91 Å². The van der Waals surface area contributed by atoms with Gasteiger partial charge >= 0.3 is 0 Å². The summed E-state index contributed by atoms with van der Waals surface area (Å²) in [7, 11) is -1.26. The van der Waals surface area contributed by atoms with Crippen LogP contribution in [0, 0.1) is 0 Å². The summed E-state index contributed by atoms with van der Waals surface area (Å²) >= 11 is 5.93. The molecule has 1 saturated heterocycles. The lowest BCUT2D eigenvalue weighted by molar-refractivity contribution is 0.0728. The van der Waals surface area contributed by atoms with Crippen LogP contribution in [0.3, 0.4) is 0 Å². The van der Waals surface area contributed by atoms with Crippen LogP contribution in [0.15, 0.2) is 45.7 Å². The number of hydrogen-bond acceptors (Lipinski definition) is 3. The van der Waals surface area contributed by atoms with Gasteiger partial charge in [0.05, 0.1) is 16.6 Å². The Morgan fingerprint density at radius 3 is 2.58 bits per heavy atom. The van der Waals surface area contributed by atoms with Crippen LogP contribution in [0.25, 0.3) is 0 Å². The number of furan rings is 1. The van der Waals surface area contributed by atoms with Crippen molar-refractivity contribution >= 4 is 28.3 Å². The van der Waals surface area contributed by atoms with Crippen molar-refractivity contribution in [3.05, 3.63) is 52.9 Å². The van der Waals surface area contributed by atoms with Crippen molar-refractivity contribution in [1.29, 1.82) is 0 Å². The van der Waals surface area contributed by atoms with Gasteiger partial charge in [0.2, 0.25) is 0 Å². The summed E-state index contributed by atoms with van der Waals surface area (Å²) in [4.78, 5) is 15.0. The van der Waals surface area contributed by atoms with Crippen LogP contribution >= 0.6 is 11.6 Å². The van der Waals surface area contributed by atoms with Gasteiger partial charge in [-0.15, -0.1) is 0 Å². The highest BCUT2D eigenvalue weighted by Crippen LogP contribution is 2.20. The smallest absolute Gasteiger partial charge is 0.289 e. The van der Waals surface area contributed by atoms with Gasteiger partial charge in [0, 0.05) is 23.0 Å². The van der Waals surface area contributed by atoms with E-state index in [0.29, 0.717) is 21.4 Å². The topological polar surface area (TPSA) is 50.5 Å². The van der Waals surface area contributed by atoms with Gasteiger partial charge < -0.3 is 9.32 Å². The normalized spacial score (nSPS) is 16.6. The minimum Gasteiger partial charge on any atom is -0.455 e. The maximum atomic E-state index is 12.5. The summed E-state index contributed by atoms with van der Waals surface area (Å²) in [5, 5.41) is 0.553. The second-order valence-electron chi connectivity index (χ2n) is 5.92. The monoisotopic (exact) mass is 365 g/mol. The Morgan fingerprint density at radius 2 is 1.88 bits per heavy atom. The van der Waals surface area contributed by atoms with E-state index in [1.165, 1.54) is 12.8 Å². The first-order valence-corrected chi connectivity index (χ1v) is 9.85. The molecule has 1 aromatic heterocycles. The van der Waals surface area contributed by atoms with Crippen molar-refractivity contribution in [2.24, 2.45) is 0 Å². The van der Waals surface area contributed by atoms with Gasteiger partial charge in [0.1, 0.15) is 5.76 Å². The molecule has 0 bridgehead atoms.